The molecule has 0 bridgehead atoms. The molecule has 0 radical (unpaired) electrons. The monoisotopic (exact) mass is 267 g/mol. The number of rotatable bonds is 3. The Hall–Kier alpha value is -2.20. The smallest absolute Gasteiger partial charge is 0.254 e. The van der Waals surface area contributed by atoms with Gasteiger partial charge in [0.05, 0.1) is 12.2 Å². The maximum atomic E-state index is 12.5. The average molecular weight is 267 g/mol. The molecular formula is C16H17N3O. The molecule has 0 fully saturated rings. The Balaban J connectivity index is 1.74. The summed E-state index contributed by atoms with van der Waals surface area (Å²) in [6, 6.07) is 11.6. The van der Waals surface area contributed by atoms with Gasteiger partial charge in [-0.15, -0.1) is 0 Å². The molecule has 1 aliphatic rings. The minimum absolute atomic E-state index is 0.0577. The number of benzene rings is 1. The molecule has 0 saturated carbocycles. The van der Waals surface area contributed by atoms with Gasteiger partial charge in [0.1, 0.15) is 0 Å². The zero-order valence-corrected chi connectivity index (χ0v) is 11.2. The highest BCUT2D eigenvalue weighted by Gasteiger charge is 2.24. The summed E-state index contributed by atoms with van der Waals surface area (Å²) in [6.07, 6.45) is 2.61. The Morgan fingerprint density at radius 3 is 2.70 bits per heavy atom. The van der Waals surface area contributed by atoms with Crippen LogP contribution in [0.2, 0.25) is 0 Å². The van der Waals surface area contributed by atoms with Gasteiger partial charge in [-0.2, -0.15) is 0 Å². The van der Waals surface area contributed by atoms with Crippen LogP contribution >= 0.6 is 0 Å². The highest BCUT2D eigenvalue weighted by molar-refractivity contribution is 5.94. The quantitative estimate of drug-likeness (QED) is 0.921. The molecule has 0 atom stereocenters. The van der Waals surface area contributed by atoms with Gasteiger partial charge in [0.15, 0.2) is 0 Å². The van der Waals surface area contributed by atoms with Gasteiger partial charge in [-0.25, -0.2) is 0 Å². The lowest BCUT2D eigenvalue weighted by Crippen LogP contribution is -2.25. The predicted octanol–water partition coefficient (Wildman–Crippen LogP) is 1.74. The van der Waals surface area contributed by atoms with E-state index in [0.717, 1.165) is 28.8 Å². The molecule has 0 unspecified atom stereocenters. The first kappa shape index (κ1) is 12.8. The van der Waals surface area contributed by atoms with Crippen molar-refractivity contribution in [3.8, 4) is 0 Å². The lowest BCUT2D eigenvalue weighted by molar-refractivity contribution is 0.0750. The predicted molar refractivity (Wildman–Crippen MR) is 77.0 cm³/mol. The Morgan fingerprint density at radius 1 is 1.20 bits per heavy atom. The molecule has 1 amide bonds. The number of fused-ring (bicyclic) bond motifs is 1. The third kappa shape index (κ3) is 2.42. The summed E-state index contributed by atoms with van der Waals surface area (Å²) < 4.78 is 0. The molecule has 0 saturated heterocycles. The van der Waals surface area contributed by atoms with Gasteiger partial charge < -0.3 is 10.6 Å². The summed E-state index contributed by atoms with van der Waals surface area (Å²) in [5.41, 5.74) is 9.55. The van der Waals surface area contributed by atoms with Gasteiger partial charge in [-0.05, 0) is 42.3 Å². The molecule has 4 nitrogen and oxygen atoms in total. The lowest BCUT2D eigenvalue weighted by atomic mass is 10.1. The summed E-state index contributed by atoms with van der Waals surface area (Å²) in [5.74, 6) is 0.0577. The van der Waals surface area contributed by atoms with Crippen LogP contribution in [0, 0.1) is 0 Å². The first-order chi connectivity index (χ1) is 9.78. The van der Waals surface area contributed by atoms with Gasteiger partial charge in [0.2, 0.25) is 0 Å². The first-order valence-electron chi connectivity index (χ1n) is 6.79. The van der Waals surface area contributed by atoms with Crippen LogP contribution in [0.15, 0.2) is 42.6 Å². The van der Waals surface area contributed by atoms with E-state index in [1.165, 1.54) is 0 Å². The molecule has 0 spiro atoms. The summed E-state index contributed by atoms with van der Waals surface area (Å²) >= 11 is 0. The highest BCUT2D eigenvalue weighted by atomic mass is 16.2. The van der Waals surface area contributed by atoms with Crippen LogP contribution in [0.1, 0.15) is 27.2 Å². The lowest BCUT2D eigenvalue weighted by Gasteiger charge is -2.15. The van der Waals surface area contributed by atoms with Crippen LogP contribution in [0.4, 0.5) is 0 Å². The van der Waals surface area contributed by atoms with Crippen LogP contribution in [-0.4, -0.2) is 22.3 Å². The molecular weight excluding hydrogens is 250 g/mol. The zero-order valence-electron chi connectivity index (χ0n) is 11.2. The van der Waals surface area contributed by atoms with Gasteiger partial charge >= 0.3 is 0 Å². The normalized spacial score (nSPS) is 13.3. The number of nitrogens with two attached hydrogens (primary N) is 1. The van der Waals surface area contributed by atoms with Gasteiger partial charge in [0.25, 0.3) is 5.91 Å². The molecule has 4 heteroatoms. The Labute approximate surface area is 118 Å². The van der Waals surface area contributed by atoms with Crippen LogP contribution in [0.25, 0.3) is 0 Å². The maximum absolute atomic E-state index is 12.5. The van der Waals surface area contributed by atoms with Crippen LogP contribution in [-0.2, 0) is 19.5 Å². The summed E-state index contributed by atoms with van der Waals surface area (Å²) in [5, 5.41) is 0. The van der Waals surface area contributed by atoms with Gasteiger partial charge in [-0.1, -0.05) is 18.2 Å². The van der Waals surface area contributed by atoms with Crippen LogP contribution in [0.5, 0.6) is 0 Å². The summed E-state index contributed by atoms with van der Waals surface area (Å²) in [4.78, 5) is 18.6. The summed E-state index contributed by atoms with van der Waals surface area (Å²) in [7, 11) is 0. The second kappa shape index (κ2) is 5.43. The first-order valence-corrected chi connectivity index (χ1v) is 6.79. The molecule has 20 heavy (non-hydrogen) atoms. The molecule has 0 aliphatic carbocycles. The molecule has 1 aromatic heterocycles. The molecule has 2 N–H and O–H groups in total. The van der Waals surface area contributed by atoms with E-state index < -0.39 is 0 Å². The fourth-order valence-electron chi connectivity index (χ4n) is 2.51. The van der Waals surface area contributed by atoms with Crippen LogP contribution in [0.3, 0.4) is 0 Å². The van der Waals surface area contributed by atoms with E-state index in [0.29, 0.717) is 19.6 Å². The molecule has 3 rings (SSSR count). The molecule has 102 valence electrons. The van der Waals surface area contributed by atoms with Crippen molar-refractivity contribution in [2.75, 3.05) is 6.54 Å². The topological polar surface area (TPSA) is 59.2 Å². The minimum Gasteiger partial charge on any atom is -0.330 e. The number of hydrogen-bond acceptors (Lipinski definition) is 3. The SMILES string of the molecule is NCCc1ccc(C(=O)N2Cc3cccnc3C2)cc1. The fraction of sp³-hybridized carbons (Fsp3) is 0.250. The second-order valence-electron chi connectivity index (χ2n) is 5.01. The Kier molecular flexibility index (Phi) is 3.48. The molecule has 2 heterocycles. The number of carbonyl (C=O) groups is 1. The fourth-order valence-corrected chi connectivity index (χ4v) is 2.51. The van der Waals surface area contributed by atoms with Crippen molar-refractivity contribution in [1.82, 2.24) is 9.88 Å². The van der Waals surface area contributed by atoms with Crippen molar-refractivity contribution in [2.45, 2.75) is 19.5 Å². The number of nitrogens with zero attached hydrogens (tertiary/aromatic N) is 2. The molecule has 1 aromatic carbocycles. The zero-order chi connectivity index (χ0) is 13.9. The summed E-state index contributed by atoms with van der Waals surface area (Å²) in [6.45, 7) is 1.87. The van der Waals surface area contributed by atoms with E-state index in [2.05, 4.69) is 4.98 Å². The third-order valence-electron chi connectivity index (χ3n) is 3.61. The number of amides is 1. The maximum Gasteiger partial charge on any atom is 0.254 e. The molecule has 1 aliphatic heterocycles. The van der Waals surface area contributed by atoms with E-state index in [4.69, 9.17) is 5.73 Å². The Morgan fingerprint density at radius 2 is 2.00 bits per heavy atom. The van der Waals surface area contributed by atoms with Crippen molar-refractivity contribution >= 4 is 5.91 Å². The number of hydrogen-bond donors (Lipinski definition) is 1. The number of carbonyl (C=O) groups excluding carboxylic acids is 1. The number of pyridine rings is 1. The van der Waals surface area contributed by atoms with Crippen molar-refractivity contribution < 1.29 is 4.79 Å². The van der Waals surface area contributed by atoms with Crippen molar-refractivity contribution in [3.63, 3.8) is 0 Å². The third-order valence-corrected chi connectivity index (χ3v) is 3.61. The second-order valence-corrected chi connectivity index (χ2v) is 5.01. The molecule has 2 aromatic rings. The van der Waals surface area contributed by atoms with E-state index in [9.17, 15) is 4.79 Å². The van der Waals surface area contributed by atoms with E-state index in [1.54, 1.807) is 6.20 Å². The highest BCUT2D eigenvalue weighted by Crippen LogP contribution is 2.22. The van der Waals surface area contributed by atoms with Gasteiger partial charge in [-0.3, -0.25) is 9.78 Å². The number of aromatic nitrogens is 1. The minimum atomic E-state index is 0.0577. The standard InChI is InChI=1S/C16H17N3O/c17-8-7-12-3-5-13(6-4-12)16(20)19-10-14-2-1-9-18-15(14)11-19/h1-6,9H,7-8,10-11,17H2. The van der Waals surface area contributed by atoms with E-state index >= 15 is 0 Å². The van der Waals surface area contributed by atoms with Crippen LogP contribution < -0.4 is 5.73 Å². The largest absolute Gasteiger partial charge is 0.330 e. The van der Waals surface area contributed by atoms with Gasteiger partial charge in [0, 0.05) is 18.3 Å². The average Bonchev–Trinajstić information content (AvgIpc) is 2.91. The van der Waals surface area contributed by atoms with Crippen molar-refractivity contribution in [3.05, 3.63) is 65.0 Å². The van der Waals surface area contributed by atoms with Crippen molar-refractivity contribution in [1.29, 1.82) is 0 Å². The van der Waals surface area contributed by atoms with E-state index in [1.807, 2.05) is 41.3 Å². The Bertz CT molecular complexity index is 597. The van der Waals surface area contributed by atoms with Crippen molar-refractivity contribution in [2.24, 2.45) is 5.73 Å². The van der Waals surface area contributed by atoms with E-state index in [-0.39, 0.29) is 5.91 Å².